The summed E-state index contributed by atoms with van der Waals surface area (Å²) in [6.07, 6.45) is 2.01. The average Bonchev–Trinajstić information content (AvgIpc) is 3.19. The van der Waals surface area contributed by atoms with Crippen molar-refractivity contribution in [2.24, 2.45) is 0 Å². The molecule has 2 aliphatic heterocycles. The van der Waals surface area contributed by atoms with E-state index in [1.807, 2.05) is 60.4 Å². The molecular formula is C22H24N2O3. The number of carbonyl (C=O) groups is 2. The second-order valence-electron chi connectivity index (χ2n) is 7.24. The molecule has 2 aliphatic rings. The number of rotatable bonds is 3. The molecule has 2 atom stereocenters. The van der Waals surface area contributed by atoms with Crippen LogP contribution in [0, 0.1) is 0 Å². The lowest BCUT2D eigenvalue weighted by Crippen LogP contribution is -2.60. The van der Waals surface area contributed by atoms with Crippen molar-refractivity contribution in [3.05, 3.63) is 54.1 Å². The summed E-state index contributed by atoms with van der Waals surface area (Å²) >= 11 is 0. The van der Waals surface area contributed by atoms with Crippen molar-refractivity contribution >= 4 is 11.8 Å². The van der Waals surface area contributed by atoms with Gasteiger partial charge in [0.05, 0.1) is 7.11 Å². The van der Waals surface area contributed by atoms with Gasteiger partial charge in [-0.25, -0.2) is 0 Å². The van der Waals surface area contributed by atoms with E-state index in [2.05, 4.69) is 0 Å². The molecule has 2 fully saturated rings. The van der Waals surface area contributed by atoms with Crippen LogP contribution < -0.4 is 4.74 Å². The third kappa shape index (κ3) is 3.07. The maximum absolute atomic E-state index is 13.0. The zero-order valence-electron chi connectivity index (χ0n) is 15.7. The zero-order chi connectivity index (χ0) is 19.0. The lowest BCUT2D eigenvalue weighted by molar-refractivity contribution is -0.141. The highest BCUT2D eigenvalue weighted by Gasteiger charge is 2.42. The summed E-state index contributed by atoms with van der Waals surface area (Å²) in [5, 5.41) is 0. The van der Waals surface area contributed by atoms with E-state index in [0.717, 1.165) is 36.3 Å². The Morgan fingerprint density at radius 2 is 1.85 bits per heavy atom. The second kappa shape index (κ2) is 7.06. The zero-order valence-corrected chi connectivity index (χ0v) is 15.7. The molecule has 2 heterocycles. The number of hydrogen-bond donors (Lipinski definition) is 0. The van der Waals surface area contributed by atoms with Crippen LogP contribution in [0.3, 0.4) is 0 Å². The van der Waals surface area contributed by atoms with Crippen molar-refractivity contribution in [3.8, 4) is 16.9 Å². The monoisotopic (exact) mass is 364 g/mol. The third-order valence-corrected chi connectivity index (χ3v) is 5.70. The molecule has 2 aromatic carbocycles. The Balaban J connectivity index is 1.57. The predicted molar refractivity (Wildman–Crippen MR) is 104 cm³/mol. The molecule has 0 aliphatic carbocycles. The van der Waals surface area contributed by atoms with E-state index in [9.17, 15) is 9.59 Å². The Bertz CT molecular complexity index is 862. The lowest BCUT2D eigenvalue weighted by Gasteiger charge is -2.41. The van der Waals surface area contributed by atoms with Crippen LogP contribution in [-0.4, -0.2) is 53.9 Å². The predicted octanol–water partition coefficient (Wildman–Crippen LogP) is 3.20. The maximum atomic E-state index is 13.0. The number of para-hydroxylation sites is 1. The summed E-state index contributed by atoms with van der Waals surface area (Å²) in [7, 11) is 1.65. The highest BCUT2D eigenvalue weighted by Crippen LogP contribution is 2.30. The number of methoxy groups -OCH3 is 1. The molecule has 140 valence electrons. The Labute approximate surface area is 159 Å². The summed E-state index contributed by atoms with van der Waals surface area (Å²) in [4.78, 5) is 29.3. The maximum Gasteiger partial charge on any atom is 0.254 e. The largest absolute Gasteiger partial charge is 0.496 e. The first kappa shape index (κ1) is 17.6. The first-order chi connectivity index (χ1) is 13.1. The molecule has 0 unspecified atom stereocenters. The summed E-state index contributed by atoms with van der Waals surface area (Å²) in [5.41, 5.74) is 2.59. The number of piperazine rings is 1. The van der Waals surface area contributed by atoms with Gasteiger partial charge in [0.2, 0.25) is 5.91 Å². The van der Waals surface area contributed by atoms with E-state index in [-0.39, 0.29) is 17.9 Å². The Kier molecular flexibility index (Phi) is 4.60. The SMILES string of the molecule is COc1ccccc1-c1ccc(C(=O)N2C[C@@H]3CCCN3C(=O)[C@@H]2C)cc1. The van der Waals surface area contributed by atoms with Gasteiger partial charge in [-0.05, 0) is 43.5 Å². The fourth-order valence-electron chi connectivity index (χ4n) is 4.17. The molecule has 2 saturated heterocycles. The molecule has 27 heavy (non-hydrogen) atoms. The standard InChI is InChI=1S/C22H24N2O3/c1-15-21(25)23-13-5-6-18(23)14-24(15)22(26)17-11-9-16(10-12-17)19-7-3-4-8-20(19)27-2/h3-4,7-12,15,18H,5-6,13-14H2,1-2H3/t15-,18-/m0/s1. The van der Waals surface area contributed by atoms with Crippen molar-refractivity contribution in [2.45, 2.75) is 31.8 Å². The van der Waals surface area contributed by atoms with E-state index in [1.165, 1.54) is 0 Å². The Morgan fingerprint density at radius 1 is 1.11 bits per heavy atom. The molecule has 4 rings (SSSR count). The number of hydrogen-bond acceptors (Lipinski definition) is 3. The van der Waals surface area contributed by atoms with Crippen LogP contribution in [0.15, 0.2) is 48.5 Å². The molecule has 0 spiro atoms. The smallest absolute Gasteiger partial charge is 0.254 e. The molecule has 0 aromatic heterocycles. The van der Waals surface area contributed by atoms with Crippen LogP contribution in [0.1, 0.15) is 30.1 Å². The van der Waals surface area contributed by atoms with Gasteiger partial charge >= 0.3 is 0 Å². The molecular weight excluding hydrogens is 340 g/mol. The molecule has 2 amide bonds. The van der Waals surface area contributed by atoms with Gasteiger partial charge in [-0.1, -0.05) is 30.3 Å². The number of carbonyl (C=O) groups excluding carboxylic acids is 2. The third-order valence-electron chi connectivity index (χ3n) is 5.70. The van der Waals surface area contributed by atoms with Crippen molar-refractivity contribution in [1.29, 1.82) is 0 Å². The van der Waals surface area contributed by atoms with Crippen LogP contribution in [0.4, 0.5) is 0 Å². The average molecular weight is 364 g/mol. The number of fused-ring (bicyclic) bond motifs is 1. The molecule has 0 bridgehead atoms. The van der Waals surface area contributed by atoms with Crippen LogP contribution in [0.5, 0.6) is 5.75 Å². The normalized spacial score (nSPS) is 21.9. The van der Waals surface area contributed by atoms with Crippen molar-refractivity contribution < 1.29 is 14.3 Å². The number of amides is 2. The van der Waals surface area contributed by atoms with Gasteiger partial charge < -0.3 is 14.5 Å². The number of benzene rings is 2. The highest BCUT2D eigenvalue weighted by molar-refractivity contribution is 5.98. The minimum Gasteiger partial charge on any atom is -0.496 e. The minimum atomic E-state index is -0.402. The van der Waals surface area contributed by atoms with E-state index in [1.54, 1.807) is 12.0 Å². The summed E-state index contributed by atoms with van der Waals surface area (Å²) in [6.45, 7) is 3.28. The van der Waals surface area contributed by atoms with E-state index >= 15 is 0 Å². The number of nitrogens with zero attached hydrogens (tertiary/aromatic N) is 2. The molecule has 5 nitrogen and oxygen atoms in total. The molecule has 2 aromatic rings. The second-order valence-corrected chi connectivity index (χ2v) is 7.24. The van der Waals surface area contributed by atoms with Crippen LogP contribution >= 0.6 is 0 Å². The van der Waals surface area contributed by atoms with Crippen LogP contribution in [0.2, 0.25) is 0 Å². The number of ether oxygens (including phenoxy) is 1. The van der Waals surface area contributed by atoms with E-state index in [4.69, 9.17) is 4.74 Å². The minimum absolute atomic E-state index is 0.0720. The van der Waals surface area contributed by atoms with E-state index in [0.29, 0.717) is 12.1 Å². The van der Waals surface area contributed by atoms with Gasteiger partial charge in [-0.2, -0.15) is 0 Å². The molecule has 0 radical (unpaired) electrons. The highest BCUT2D eigenvalue weighted by atomic mass is 16.5. The quantitative estimate of drug-likeness (QED) is 0.840. The Morgan fingerprint density at radius 3 is 2.59 bits per heavy atom. The fourth-order valence-corrected chi connectivity index (χ4v) is 4.17. The van der Waals surface area contributed by atoms with Crippen LogP contribution in [-0.2, 0) is 4.79 Å². The fraction of sp³-hybridized carbons (Fsp3) is 0.364. The summed E-state index contributed by atoms with van der Waals surface area (Å²) < 4.78 is 5.42. The summed E-state index contributed by atoms with van der Waals surface area (Å²) in [6, 6.07) is 15.1. The molecule has 5 heteroatoms. The van der Waals surface area contributed by atoms with Gasteiger partial charge in [0.1, 0.15) is 11.8 Å². The van der Waals surface area contributed by atoms with Gasteiger partial charge in [-0.15, -0.1) is 0 Å². The van der Waals surface area contributed by atoms with Gasteiger partial charge in [0, 0.05) is 30.3 Å². The van der Waals surface area contributed by atoms with Gasteiger partial charge in [0.25, 0.3) is 5.91 Å². The van der Waals surface area contributed by atoms with Gasteiger partial charge in [0.15, 0.2) is 0 Å². The Hall–Kier alpha value is -2.82. The molecule has 0 saturated carbocycles. The topological polar surface area (TPSA) is 49.9 Å². The molecule has 0 N–H and O–H groups in total. The first-order valence-electron chi connectivity index (χ1n) is 9.45. The van der Waals surface area contributed by atoms with Crippen LogP contribution in [0.25, 0.3) is 11.1 Å². The van der Waals surface area contributed by atoms with E-state index < -0.39 is 6.04 Å². The van der Waals surface area contributed by atoms with Crippen molar-refractivity contribution in [3.63, 3.8) is 0 Å². The van der Waals surface area contributed by atoms with Crippen molar-refractivity contribution in [2.75, 3.05) is 20.2 Å². The summed E-state index contributed by atoms with van der Waals surface area (Å²) in [5.74, 6) is 0.796. The lowest BCUT2D eigenvalue weighted by atomic mass is 10.0. The first-order valence-corrected chi connectivity index (χ1v) is 9.45. The van der Waals surface area contributed by atoms with Crippen molar-refractivity contribution in [1.82, 2.24) is 9.80 Å². The van der Waals surface area contributed by atoms with Gasteiger partial charge in [-0.3, -0.25) is 9.59 Å².